The summed E-state index contributed by atoms with van der Waals surface area (Å²) in [4.78, 5) is 16.5. The van der Waals surface area contributed by atoms with E-state index in [0.29, 0.717) is 13.2 Å². The second kappa shape index (κ2) is 7.67. The van der Waals surface area contributed by atoms with Crippen molar-refractivity contribution in [2.75, 3.05) is 26.8 Å². The SMILES string of the molecule is CCc1ccc(C(=O)CN(CC)C(C)COC)s1. The van der Waals surface area contributed by atoms with Crippen molar-refractivity contribution in [1.29, 1.82) is 0 Å². The molecule has 102 valence electrons. The molecule has 0 aromatic carbocycles. The van der Waals surface area contributed by atoms with Gasteiger partial charge in [-0.15, -0.1) is 11.3 Å². The summed E-state index contributed by atoms with van der Waals surface area (Å²) in [6.07, 6.45) is 0.996. The Hall–Kier alpha value is -0.710. The molecule has 0 radical (unpaired) electrons. The first kappa shape index (κ1) is 15.3. The van der Waals surface area contributed by atoms with Crippen LogP contribution in [-0.4, -0.2) is 43.5 Å². The highest BCUT2D eigenvalue weighted by molar-refractivity contribution is 7.14. The molecule has 0 N–H and O–H groups in total. The number of rotatable bonds is 8. The van der Waals surface area contributed by atoms with E-state index in [2.05, 4.69) is 25.7 Å². The number of likely N-dealkylation sites (N-methyl/N-ethyl adjacent to an activating group) is 1. The smallest absolute Gasteiger partial charge is 0.186 e. The van der Waals surface area contributed by atoms with E-state index in [1.807, 2.05) is 12.1 Å². The monoisotopic (exact) mass is 269 g/mol. The van der Waals surface area contributed by atoms with E-state index < -0.39 is 0 Å². The van der Waals surface area contributed by atoms with Gasteiger partial charge in [-0.3, -0.25) is 9.69 Å². The van der Waals surface area contributed by atoms with Gasteiger partial charge in [0.2, 0.25) is 0 Å². The van der Waals surface area contributed by atoms with Crippen molar-refractivity contribution in [2.24, 2.45) is 0 Å². The van der Waals surface area contributed by atoms with Crippen molar-refractivity contribution in [3.8, 4) is 0 Å². The van der Waals surface area contributed by atoms with E-state index in [1.165, 1.54) is 4.88 Å². The Morgan fingerprint density at radius 1 is 1.44 bits per heavy atom. The highest BCUT2D eigenvalue weighted by atomic mass is 32.1. The Balaban J connectivity index is 2.61. The number of hydrogen-bond donors (Lipinski definition) is 0. The van der Waals surface area contributed by atoms with Crippen molar-refractivity contribution in [3.05, 3.63) is 21.9 Å². The maximum absolute atomic E-state index is 12.2. The highest BCUT2D eigenvalue weighted by Gasteiger charge is 2.17. The summed E-state index contributed by atoms with van der Waals surface area (Å²) < 4.78 is 5.14. The van der Waals surface area contributed by atoms with E-state index in [4.69, 9.17) is 4.74 Å². The molecule has 0 saturated heterocycles. The lowest BCUT2D eigenvalue weighted by molar-refractivity contribution is 0.0791. The minimum Gasteiger partial charge on any atom is -0.383 e. The van der Waals surface area contributed by atoms with Crippen molar-refractivity contribution in [1.82, 2.24) is 4.90 Å². The normalized spacial score (nSPS) is 12.9. The molecule has 1 unspecified atom stereocenters. The fraction of sp³-hybridized carbons (Fsp3) is 0.643. The molecule has 0 spiro atoms. The third kappa shape index (κ3) is 4.19. The molecule has 0 bridgehead atoms. The zero-order valence-corrected chi connectivity index (χ0v) is 12.5. The summed E-state index contributed by atoms with van der Waals surface area (Å²) in [6.45, 7) is 8.27. The quantitative estimate of drug-likeness (QED) is 0.680. The molecule has 1 aromatic rings. The first-order valence-electron chi connectivity index (χ1n) is 6.47. The van der Waals surface area contributed by atoms with Crippen LogP contribution in [0.2, 0.25) is 0 Å². The predicted octanol–water partition coefficient (Wildman–Crippen LogP) is 2.85. The fourth-order valence-corrected chi connectivity index (χ4v) is 2.78. The second-order valence-corrected chi connectivity index (χ2v) is 5.58. The van der Waals surface area contributed by atoms with Crippen LogP contribution in [0, 0.1) is 0 Å². The summed E-state index contributed by atoms with van der Waals surface area (Å²) in [6, 6.07) is 4.27. The van der Waals surface area contributed by atoms with Gasteiger partial charge < -0.3 is 4.74 Å². The third-order valence-electron chi connectivity index (χ3n) is 3.07. The van der Waals surface area contributed by atoms with Gasteiger partial charge in [-0.2, -0.15) is 0 Å². The maximum Gasteiger partial charge on any atom is 0.186 e. The van der Waals surface area contributed by atoms with Gasteiger partial charge in [-0.05, 0) is 32.0 Å². The van der Waals surface area contributed by atoms with Gasteiger partial charge in [0, 0.05) is 18.0 Å². The van der Waals surface area contributed by atoms with E-state index >= 15 is 0 Å². The van der Waals surface area contributed by atoms with Gasteiger partial charge in [0.1, 0.15) is 0 Å². The Morgan fingerprint density at radius 2 is 2.17 bits per heavy atom. The fourth-order valence-electron chi connectivity index (χ4n) is 1.91. The molecule has 0 saturated carbocycles. The molecule has 0 fully saturated rings. The van der Waals surface area contributed by atoms with Crippen molar-refractivity contribution >= 4 is 17.1 Å². The minimum atomic E-state index is 0.213. The third-order valence-corrected chi connectivity index (χ3v) is 4.34. The Labute approximate surface area is 114 Å². The molecule has 4 heteroatoms. The second-order valence-electron chi connectivity index (χ2n) is 4.41. The van der Waals surface area contributed by atoms with E-state index in [1.54, 1.807) is 18.4 Å². The number of aryl methyl sites for hydroxylation is 1. The molecule has 1 aromatic heterocycles. The van der Waals surface area contributed by atoms with E-state index in [-0.39, 0.29) is 11.8 Å². The zero-order valence-electron chi connectivity index (χ0n) is 11.7. The number of ketones is 1. The van der Waals surface area contributed by atoms with Crippen molar-refractivity contribution < 1.29 is 9.53 Å². The number of thiophene rings is 1. The van der Waals surface area contributed by atoms with E-state index in [0.717, 1.165) is 17.8 Å². The van der Waals surface area contributed by atoms with Gasteiger partial charge in [-0.25, -0.2) is 0 Å². The largest absolute Gasteiger partial charge is 0.383 e. The number of methoxy groups -OCH3 is 1. The van der Waals surface area contributed by atoms with Crippen LogP contribution in [0.15, 0.2) is 12.1 Å². The maximum atomic E-state index is 12.2. The van der Waals surface area contributed by atoms with Crippen LogP contribution in [0.3, 0.4) is 0 Å². The van der Waals surface area contributed by atoms with E-state index in [9.17, 15) is 4.79 Å². The molecular weight excluding hydrogens is 246 g/mol. The molecule has 3 nitrogen and oxygen atoms in total. The number of carbonyl (C=O) groups excluding carboxylic acids is 1. The molecule has 0 aliphatic carbocycles. The van der Waals surface area contributed by atoms with Crippen LogP contribution in [0.25, 0.3) is 0 Å². The summed E-state index contributed by atoms with van der Waals surface area (Å²) in [5, 5.41) is 0. The predicted molar refractivity (Wildman–Crippen MR) is 76.6 cm³/mol. The summed E-state index contributed by atoms with van der Waals surface area (Å²) in [5.74, 6) is 0.213. The average molecular weight is 269 g/mol. The lowest BCUT2D eigenvalue weighted by Crippen LogP contribution is -2.39. The van der Waals surface area contributed by atoms with Crippen LogP contribution in [0.1, 0.15) is 35.3 Å². The lowest BCUT2D eigenvalue weighted by atomic mass is 10.2. The number of carbonyl (C=O) groups is 1. The van der Waals surface area contributed by atoms with Crippen molar-refractivity contribution in [2.45, 2.75) is 33.2 Å². The first-order chi connectivity index (χ1) is 8.62. The van der Waals surface area contributed by atoms with Gasteiger partial charge in [0.25, 0.3) is 0 Å². The standard InChI is InChI=1S/C14H23NO2S/c1-5-12-7-8-14(18-12)13(16)9-15(6-2)11(3)10-17-4/h7-8,11H,5-6,9-10H2,1-4H3. The summed E-state index contributed by atoms with van der Waals surface area (Å²) in [7, 11) is 1.69. The Kier molecular flexibility index (Phi) is 6.54. The molecule has 1 atom stereocenters. The lowest BCUT2D eigenvalue weighted by Gasteiger charge is -2.26. The van der Waals surface area contributed by atoms with Gasteiger partial charge in [0.05, 0.1) is 18.0 Å². The van der Waals surface area contributed by atoms with Crippen LogP contribution >= 0.6 is 11.3 Å². The highest BCUT2D eigenvalue weighted by Crippen LogP contribution is 2.18. The molecule has 18 heavy (non-hydrogen) atoms. The van der Waals surface area contributed by atoms with Crippen LogP contribution in [0.4, 0.5) is 0 Å². The summed E-state index contributed by atoms with van der Waals surface area (Å²) >= 11 is 1.61. The molecule has 0 aliphatic rings. The number of nitrogens with zero attached hydrogens (tertiary/aromatic N) is 1. The zero-order chi connectivity index (χ0) is 13.5. The number of ether oxygens (including phenoxy) is 1. The molecule has 1 heterocycles. The minimum absolute atomic E-state index is 0.213. The Bertz CT molecular complexity index is 376. The molecule has 0 aliphatic heterocycles. The van der Waals surface area contributed by atoms with Crippen molar-refractivity contribution in [3.63, 3.8) is 0 Å². The van der Waals surface area contributed by atoms with Gasteiger partial charge >= 0.3 is 0 Å². The van der Waals surface area contributed by atoms with Gasteiger partial charge in [0.15, 0.2) is 5.78 Å². The molecule has 1 rings (SSSR count). The van der Waals surface area contributed by atoms with Crippen LogP contribution in [0.5, 0.6) is 0 Å². The topological polar surface area (TPSA) is 29.5 Å². The van der Waals surface area contributed by atoms with Crippen LogP contribution < -0.4 is 0 Å². The van der Waals surface area contributed by atoms with Gasteiger partial charge in [-0.1, -0.05) is 13.8 Å². The number of hydrogen-bond acceptors (Lipinski definition) is 4. The molecule has 0 amide bonds. The number of Topliss-reactive ketones (excluding diaryl/α,β-unsaturated/α-hetero) is 1. The molecular formula is C14H23NO2S. The average Bonchev–Trinajstić information content (AvgIpc) is 2.84. The Morgan fingerprint density at radius 3 is 2.67 bits per heavy atom. The first-order valence-corrected chi connectivity index (χ1v) is 7.28. The summed E-state index contributed by atoms with van der Waals surface area (Å²) in [5.41, 5.74) is 0. The van der Waals surface area contributed by atoms with Crippen LogP contribution in [-0.2, 0) is 11.2 Å².